The second-order valence-electron chi connectivity index (χ2n) is 3.77. The van der Waals surface area contributed by atoms with Gasteiger partial charge in [0.25, 0.3) is 0 Å². The highest BCUT2D eigenvalue weighted by Gasteiger charge is 2.28. The lowest BCUT2D eigenvalue weighted by atomic mass is 10.0. The third-order valence-corrected chi connectivity index (χ3v) is 2.01. The van der Waals surface area contributed by atoms with E-state index in [1.54, 1.807) is 13.8 Å². The summed E-state index contributed by atoms with van der Waals surface area (Å²) in [6.07, 6.45) is -0.147. The van der Waals surface area contributed by atoms with Gasteiger partial charge in [0.1, 0.15) is 6.17 Å². The average Bonchev–Trinajstić information content (AvgIpc) is 2.16. The van der Waals surface area contributed by atoms with Crippen molar-refractivity contribution in [1.29, 1.82) is 0 Å². The summed E-state index contributed by atoms with van der Waals surface area (Å²) < 4.78 is 23.8. The molecule has 4 heteroatoms. The minimum absolute atomic E-state index is 0.0111. The fourth-order valence-corrected chi connectivity index (χ4v) is 0.984. The molecule has 0 spiro atoms. The number of halogens is 1. The van der Waals surface area contributed by atoms with Crippen molar-refractivity contribution in [2.75, 3.05) is 26.4 Å². The maximum Gasteiger partial charge on any atom is 0.140 e. The van der Waals surface area contributed by atoms with Crippen LogP contribution in [0, 0.1) is 0 Å². The molecule has 0 saturated carbocycles. The van der Waals surface area contributed by atoms with E-state index in [2.05, 4.69) is 0 Å². The molecule has 0 radical (unpaired) electrons. The largest absolute Gasteiger partial charge is 0.379 e. The highest BCUT2D eigenvalue weighted by Crippen LogP contribution is 2.16. The van der Waals surface area contributed by atoms with Crippen LogP contribution in [0.15, 0.2) is 0 Å². The van der Waals surface area contributed by atoms with Crippen molar-refractivity contribution in [3.05, 3.63) is 0 Å². The Labute approximate surface area is 85.8 Å². The first kappa shape index (κ1) is 13.8. The summed E-state index contributed by atoms with van der Waals surface area (Å²) in [6.45, 7) is 7.07. The monoisotopic (exact) mass is 207 g/mol. The highest BCUT2D eigenvalue weighted by molar-refractivity contribution is 4.79. The lowest BCUT2D eigenvalue weighted by Crippen LogP contribution is -2.41. The van der Waals surface area contributed by atoms with Crippen LogP contribution in [0.25, 0.3) is 0 Å². The maximum absolute atomic E-state index is 13.2. The Morgan fingerprint density at radius 3 is 2.43 bits per heavy atom. The van der Waals surface area contributed by atoms with Crippen LogP contribution < -0.4 is 5.73 Å². The van der Waals surface area contributed by atoms with E-state index < -0.39 is 11.8 Å². The molecule has 0 amide bonds. The molecule has 86 valence electrons. The number of rotatable bonds is 8. The van der Waals surface area contributed by atoms with E-state index >= 15 is 0 Å². The number of hydrogen-bond donors (Lipinski definition) is 1. The smallest absolute Gasteiger partial charge is 0.140 e. The van der Waals surface area contributed by atoms with Crippen LogP contribution in [0.4, 0.5) is 4.39 Å². The van der Waals surface area contributed by atoms with E-state index in [0.717, 1.165) is 13.0 Å². The number of ether oxygens (including phenoxy) is 2. The molecule has 14 heavy (non-hydrogen) atoms. The molecule has 0 heterocycles. The van der Waals surface area contributed by atoms with Gasteiger partial charge in [-0.25, -0.2) is 4.39 Å². The molecule has 0 aliphatic carbocycles. The summed E-state index contributed by atoms with van der Waals surface area (Å²) in [5.74, 6) is 0. The fourth-order valence-electron chi connectivity index (χ4n) is 0.984. The van der Waals surface area contributed by atoms with Gasteiger partial charge in [-0.1, -0.05) is 6.92 Å². The van der Waals surface area contributed by atoms with Crippen molar-refractivity contribution in [2.45, 2.75) is 39.0 Å². The molecule has 3 nitrogen and oxygen atoms in total. The van der Waals surface area contributed by atoms with E-state index in [4.69, 9.17) is 15.2 Å². The van der Waals surface area contributed by atoms with Crippen LogP contribution >= 0.6 is 0 Å². The van der Waals surface area contributed by atoms with Crippen LogP contribution in [0.5, 0.6) is 0 Å². The molecule has 1 atom stereocenters. The second kappa shape index (κ2) is 7.15. The molecule has 1 unspecified atom stereocenters. The minimum atomic E-state index is -1.13. The van der Waals surface area contributed by atoms with Crippen molar-refractivity contribution in [3.63, 3.8) is 0 Å². The Bertz CT molecular complexity index is 142. The summed E-state index contributed by atoms with van der Waals surface area (Å²) in [4.78, 5) is 0. The van der Waals surface area contributed by atoms with E-state index in [9.17, 15) is 4.39 Å². The zero-order chi connectivity index (χ0) is 11.0. The van der Waals surface area contributed by atoms with Crippen molar-refractivity contribution >= 4 is 0 Å². The van der Waals surface area contributed by atoms with E-state index in [1.165, 1.54) is 0 Å². The van der Waals surface area contributed by atoms with Crippen LogP contribution in [0.3, 0.4) is 0 Å². The van der Waals surface area contributed by atoms with Crippen molar-refractivity contribution in [1.82, 2.24) is 0 Å². The molecule has 0 aliphatic heterocycles. The molecule has 0 aliphatic rings. The molecule has 2 N–H and O–H groups in total. The van der Waals surface area contributed by atoms with Gasteiger partial charge in [0.2, 0.25) is 0 Å². The number of nitrogens with two attached hydrogens (primary N) is 1. The van der Waals surface area contributed by atoms with Crippen molar-refractivity contribution < 1.29 is 13.9 Å². The van der Waals surface area contributed by atoms with Gasteiger partial charge in [-0.15, -0.1) is 0 Å². The van der Waals surface area contributed by atoms with E-state index in [1.807, 2.05) is 6.92 Å². The zero-order valence-corrected chi connectivity index (χ0v) is 9.38. The first-order chi connectivity index (χ1) is 6.54. The van der Waals surface area contributed by atoms with Gasteiger partial charge < -0.3 is 15.2 Å². The van der Waals surface area contributed by atoms with Crippen LogP contribution in [-0.4, -0.2) is 38.1 Å². The van der Waals surface area contributed by atoms with Crippen molar-refractivity contribution in [3.8, 4) is 0 Å². The lowest BCUT2D eigenvalue weighted by molar-refractivity contribution is -0.0850. The maximum atomic E-state index is 13.2. The number of alkyl halides is 1. The van der Waals surface area contributed by atoms with Crippen LogP contribution in [0.2, 0.25) is 0 Å². The predicted molar refractivity (Wildman–Crippen MR) is 55.1 cm³/mol. The standard InChI is InChI=1S/C10H22FNO2/c1-4-5-13-6-7-14-10(2,3)9(11)8-12/h9H,4-8,12H2,1-3H3. The third-order valence-electron chi connectivity index (χ3n) is 2.01. The van der Waals surface area contributed by atoms with E-state index in [-0.39, 0.29) is 6.54 Å². The number of hydrogen-bond acceptors (Lipinski definition) is 3. The Balaban J connectivity index is 3.55. The summed E-state index contributed by atoms with van der Waals surface area (Å²) in [7, 11) is 0. The molecule has 0 aromatic heterocycles. The van der Waals surface area contributed by atoms with Gasteiger partial charge in [-0.3, -0.25) is 0 Å². The van der Waals surface area contributed by atoms with Crippen molar-refractivity contribution in [2.24, 2.45) is 5.73 Å². The SMILES string of the molecule is CCCOCCOC(C)(C)C(F)CN. The first-order valence-electron chi connectivity index (χ1n) is 5.10. The summed E-state index contributed by atoms with van der Waals surface area (Å²) in [5.41, 5.74) is 4.41. The highest BCUT2D eigenvalue weighted by atomic mass is 19.1. The van der Waals surface area contributed by atoms with Gasteiger partial charge in [-0.05, 0) is 20.3 Å². The Morgan fingerprint density at radius 1 is 1.29 bits per heavy atom. The third kappa shape index (κ3) is 5.52. The van der Waals surface area contributed by atoms with E-state index in [0.29, 0.717) is 13.2 Å². The molecule has 0 rings (SSSR count). The molecule has 0 saturated heterocycles. The quantitative estimate of drug-likeness (QED) is 0.613. The Kier molecular flexibility index (Phi) is 7.05. The second-order valence-corrected chi connectivity index (χ2v) is 3.77. The Morgan fingerprint density at radius 2 is 1.93 bits per heavy atom. The van der Waals surface area contributed by atoms with Gasteiger partial charge in [-0.2, -0.15) is 0 Å². The summed E-state index contributed by atoms with van der Waals surface area (Å²) >= 11 is 0. The molecule has 0 fully saturated rings. The first-order valence-corrected chi connectivity index (χ1v) is 5.10. The lowest BCUT2D eigenvalue weighted by Gasteiger charge is -2.28. The summed E-state index contributed by atoms with van der Waals surface area (Å²) in [5, 5.41) is 0. The fraction of sp³-hybridized carbons (Fsp3) is 1.00. The Hall–Kier alpha value is -0.190. The average molecular weight is 207 g/mol. The molecular weight excluding hydrogens is 185 g/mol. The molecule has 0 bridgehead atoms. The van der Waals surface area contributed by atoms with Gasteiger partial charge in [0, 0.05) is 13.2 Å². The zero-order valence-electron chi connectivity index (χ0n) is 9.38. The molecule has 0 aromatic carbocycles. The molecular formula is C10H22FNO2. The van der Waals surface area contributed by atoms with Crippen LogP contribution in [0.1, 0.15) is 27.2 Å². The topological polar surface area (TPSA) is 44.5 Å². The van der Waals surface area contributed by atoms with Gasteiger partial charge in [0.05, 0.1) is 18.8 Å². The van der Waals surface area contributed by atoms with Crippen LogP contribution in [-0.2, 0) is 9.47 Å². The molecule has 0 aromatic rings. The minimum Gasteiger partial charge on any atom is -0.379 e. The predicted octanol–water partition coefficient (Wildman–Crippen LogP) is 1.50. The van der Waals surface area contributed by atoms with Gasteiger partial charge >= 0.3 is 0 Å². The summed E-state index contributed by atoms with van der Waals surface area (Å²) in [6, 6.07) is 0. The van der Waals surface area contributed by atoms with Gasteiger partial charge in [0.15, 0.2) is 0 Å². The normalized spacial score (nSPS) is 14.4.